The number of rotatable bonds is 3. The standard InChI is InChI=1S/C11H16N2OS/c1-8(2)13-10(3-5-12-13)11(14)9-4-6-15-7-9/h3,5,8-9H,4,6-7H2,1-2H3. The molecule has 1 aliphatic heterocycles. The van der Waals surface area contributed by atoms with Crippen LogP contribution in [0.1, 0.15) is 36.8 Å². The van der Waals surface area contributed by atoms with E-state index in [0.717, 1.165) is 23.6 Å². The molecule has 2 heterocycles. The minimum absolute atomic E-state index is 0.212. The molecule has 0 spiro atoms. The Kier molecular flexibility index (Phi) is 3.14. The number of carbonyl (C=O) groups excluding carboxylic acids is 1. The first-order valence-corrected chi connectivity index (χ1v) is 6.51. The molecule has 0 aromatic carbocycles. The Balaban J connectivity index is 2.20. The van der Waals surface area contributed by atoms with Gasteiger partial charge in [-0.2, -0.15) is 16.9 Å². The Morgan fingerprint density at radius 2 is 2.47 bits per heavy atom. The molecule has 4 heteroatoms. The summed E-state index contributed by atoms with van der Waals surface area (Å²) in [5.41, 5.74) is 0.775. The fraction of sp³-hybridized carbons (Fsp3) is 0.636. The van der Waals surface area contributed by atoms with Crippen LogP contribution in [0.4, 0.5) is 0 Å². The van der Waals surface area contributed by atoms with Crippen LogP contribution in [-0.4, -0.2) is 27.1 Å². The fourth-order valence-corrected chi connectivity index (χ4v) is 3.09. The fourth-order valence-electron chi connectivity index (χ4n) is 1.87. The third-order valence-corrected chi connectivity index (χ3v) is 3.87. The second kappa shape index (κ2) is 4.39. The molecule has 1 atom stereocenters. The molecule has 1 aromatic heterocycles. The molecule has 1 saturated heterocycles. The number of hydrogen-bond donors (Lipinski definition) is 0. The molecular formula is C11H16N2OS. The molecule has 1 fully saturated rings. The topological polar surface area (TPSA) is 34.9 Å². The number of Topliss-reactive ketones (excluding diaryl/α,β-unsaturated/α-hetero) is 1. The van der Waals surface area contributed by atoms with E-state index in [4.69, 9.17) is 0 Å². The smallest absolute Gasteiger partial charge is 0.184 e. The number of aromatic nitrogens is 2. The Bertz CT molecular complexity index is 353. The van der Waals surface area contributed by atoms with Crippen molar-refractivity contribution in [3.63, 3.8) is 0 Å². The third kappa shape index (κ3) is 2.09. The van der Waals surface area contributed by atoms with Gasteiger partial charge in [-0.05, 0) is 32.1 Å². The average molecular weight is 224 g/mol. The minimum atomic E-state index is 0.212. The zero-order chi connectivity index (χ0) is 10.8. The SMILES string of the molecule is CC(C)n1nccc1C(=O)C1CCSC1. The van der Waals surface area contributed by atoms with E-state index < -0.39 is 0 Å². The highest BCUT2D eigenvalue weighted by molar-refractivity contribution is 7.99. The van der Waals surface area contributed by atoms with Crippen molar-refractivity contribution in [1.29, 1.82) is 0 Å². The molecular weight excluding hydrogens is 208 g/mol. The Labute approximate surface area is 94.2 Å². The summed E-state index contributed by atoms with van der Waals surface area (Å²) >= 11 is 1.87. The van der Waals surface area contributed by atoms with Gasteiger partial charge in [-0.25, -0.2) is 0 Å². The van der Waals surface area contributed by atoms with Gasteiger partial charge in [0.1, 0.15) is 5.69 Å². The molecule has 82 valence electrons. The van der Waals surface area contributed by atoms with E-state index in [2.05, 4.69) is 5.10 Å². The Hall–Kier alpha value is -0.770. The summed E-state index contributed by atoms with van der Waals surface area (Å²) in [4.78, 5) is 12.2. The Morgan fingerprint density at radius 3 is 3.07 bits per heavy atom. The van der Waals surface area contributed by atoms with Gasteiger partial charge < -0.3 is 0 Å². The number of ketones is 1. The summed E-state index contributed by atoms with van der Waals surface area (Å²) in [6.45, 7) is 4.10. The normalized spacial score (nSPS) is 21.1. The van der Waals surface area contributed by atoms with Crippen molar-refractivity contribution in [2.75, 3.05) is 11.5 Å². The van der Waals surface area contributed by atoms with Crippen molar-refractivity contribution in [3.05, 3.63) is 18.0 Å². The lowest BCUT2D eigenvalue weighted by molar-refractivity contribution is 0.0921. The van der Waals surface area contributed by atoms with Crippen molar-refractivity contribution < 1.29 is 4.79 Å². The second-order valence-corrected chi connectivity index (χ2v) is 5.33. The monoisotopic (exact) mass is 224 g/mol. The Morgan fingerprint density at radius 1 is 1.67 bits per heavy atom. The van der Waals surface area contributed by atoms with E-state index in [1.54, 1.807) is 6.20 Å². The number of thioether (sulfide) groups is 1. The van der Waals surface area contributed by atoms with E-state index in [9.17, 15) is 4.79 Å². The quantitative estimate of drug-likeness (QED) is 0.739. The van der Waals surface area contributed by atoms with Gasteiger partial charge in [-0.3, -0.25) is 9.48 Å². The van der Waals surface area contributed by atoms with Crippen molar-refractivity contribution in [1.82, 2.24) is 9.78 Å². The largest absolute Gasteiger partial charge is 0.292 e. The summed E-state index contributed by atoms with van der Waals surface area (Å²) in [6, 6.07) is 2.10. The molecule has 0 bridgehead atoms. The predicted molar refractivity (Wildman–Crippen MR) is 62.4 cm³/mol. The summed E-state index contributed by atoms with van der Waals surface area (Å²) in [5.74, 6) is 2.57. The average Bonchev–Trinajstić information content (AvgIpc) is 2.88. The molecule has 0 radical (unpaired) electrons. The zero-order valence-corrected chi connectivity index (χ0v) is 9.96. The summed E-state index contributed by atoms with van der Waals surface area (Å²) < 4.78 is 1.82. The lowest BCUT2D eigenvalue weighted by atomic mass is 10.0. The molecule has 0 N–H and O–H groups in total. The first-order chi connectivity index (χ1) is 7.20. The van der Waals surface area contributed by atoms with E-state index in [-0.39, 0.29) is 17.7 Å². The van der Waals surface area contributed by atoms with Crippen LogP contribution in [0.2, 0.25) is 0 Å². The molecule has 0 aliphatic carbocycles. The van der Waals surface area contributed by atoms with Gasteiger partial charge in [0, 0.05) is 23.9 Å². The number of hydrogen-bond acceptors (Lipinski definition) is 3. The maximum Gasteiger partial charge on any atom is 0.184 e. The molecule has 0 saturated carbocycles. The van der Waals surface area contributed by atoms with Crippen molar-refractivity contribution in [3.8, 4) is 0 Å². The van der Waals surface area contributed by atoms with Crippen molar-refractivity contribution >= 4 is 17.5 Å². The van der Waals surface area contributed by atoms with Gasteiger partial charge >= 0.3 is 0 Å². The molecule has 0 amide bonds. The second-order valence-electron chi connectivity index (χ2n) is 4.18. The zero-order valence-electron chi connectivity index (χ0n) is 9.14. The van der Waals surface area contributed by atoms with E-state index in [1.807, 2.05) is 36.4 Å². The highest BCUT2D eigenvalue weighted by atomic mass is 32.2. The highest BCUT2D eigenvalue weighted by Gasteiger charge is 2.26. The third-order valence-electron chi connectivity index (χ3n) is 2.71. The van der Waals surface area contributed by atoms with Gasteiger partial charge in [-0.1, -0.05) is 0 Å². The number of carbonyl (C=O) groups is 1. The van der Waals surface area contributed by atoms with Crippen LogP contribution in [0.15, 0.2) is 12.3 Å². The summed E-state index contributed by atoms with van der Waals surface area (Å²) in [6.07, 6.45) is 2.74. The maximum absolute atomic E-state index is 12.2. The molecule has 2 rings (SSSR count). The van der Waals surface area contributed by atoms with Crippen molar-refractivity contribution in [2.24, 2.45) is 5.92 Å². The van der Waals surface area contributed by atoms with Gasteiger partial charge in [-0.15, -0.1) is 0 Å². The number of nitrogens with zero attached hydrogens (tertiary/aromatic N) is 2. The van der Waals surface area contributed by atoms with E-state index in [0.29, 0.717) is 0 Å². The van der Waals surface area contributed by atoms with Gasteiger partial charge in [0.15, 0.2) is 5.78 Å². The van der Waals surface area contributed by atoms with Gasteiger partial charge in [0.2, 0.25) is 0 Å². The van der Waals surface area contributed by atoms with Crippen LogP contribution in [0, 0.1) is 5.92 Å². The minimum Gasteiger partial charge on any atom is -0.292 e. The van der Waals surface area contributed by atoms with Crippen LogP contribution in [0.3, 0.4) is 0 Å². The van der Waals surface area contributed by atoms with Gasteiger partial charge in [0.25, 0.3) is 0 Å². The molecule has 15 heavy (non-hydrogen) atoms. The van der Waals surface area contributed by atoms with Crippen LogP contribution in [0.25, 0.3) is 0 Å². The molecule has 1 unspecified atom stereocenters. The highest BCUT2D eigenvalue weighted by Crippen LogP contribution is 2.27. The summed E-state index contributed by atoms with van der Waals surface area (Å²) in [7, 11) is 0. The van der Waals surface area contributed by atoms with Crippen LogP contribution >= 0.6 is 11.8 Å². The molecule has 3 nitrogen and oxygen atoms in total. The van der Waals surface area contributed by atoms with Crippen molar-refractivity contribution in [2.45, 2.75) is 26.3 Å². The van der Waals surface area contributed by atoms with Crippen LogP contribution in [-0.2, 0) is 0 Å². The van der Waals surface area contributed by atoms with Crippen LogP contribution in [0.5, 0.6) is 0 Å². The first-order valence-electron chi connectivity index (χ1n) is 5.35. The first kappa shape index (κ1) is 10.7. The molecule has 1 aliphatic rings. The molecule has 1 aromatic rings. The summed E-state index contributed by atoms with van der Waals surface area (Å²) in [5, 5.41) is 4.20. The van der Waals surface area contributed by atoms with Gasteiger partial charge in [0.05, 0.1) is 0 Å². The maximum atomic E-state index is 12.2. The predicted octanol–water partition coefficient (Wildman–Crippen LogP) is 2.40. The lowest BCUT2D eigenvalue weighted by Gasteiger charge is -2.12. The lowest BCUT2D eigenvalue weighted by Crippen LogP contribution is -2.19. The van der Waals surface area contributed by atoms with E-state index in [1.165, 1.54) is 0 Å². The van der Waals surface area contributed by atoms with E-state index >= 15 is 0 Å². The van der Waals surface area contributed by atoms with Crippen LogP contribution < -0.4 is 0 Å².